The van der Waals surface area contributed by atoms with Gasteiger partial charge in [-0.2, -0.15) is 0 Å². The number of hydrogen-bond donors (Lipinski definition) is 0. The smallest absolute Gasteiger partial charge is 0.139 e. The van der Waals surface area contributed by atoms with Crippen molar-refractivity contribution < 1.29 is 4.79 Å². The highest BCUT2D eigenvalue weighted by Crippen LogP contribution is 2.53. The zero-order valence-corrected chi connectivity index (χ0v) is 8.76. The Hall–Kier alpha value is -0.590. The van der Waals surface area contributed by atoms with Crippen molar-refractivity contribution in [3.63, 3.8) is 0 Å². The molecule has 2 atom stereocenters. The van der Waals surface area contributed by atoms with Gasteiger partial charge < -0.3 is 0 Å². The molecule has 0 aromatic rings. The van der Waals surface area contributed by atoms with E-state index in [9.17, 15) is 4.79 Å². The minimum Gasteiger partial charge on any atom is -0.299 e. The lowest BCUT2D eigenvalue weighted by molar-refractivity contribution is -0.125. The second-order valence-corrected chi connectivity index (χ2v) is 4.99. The van der Waals surface area contributed by atoms with E-state index in [2.05, 4.69) is 26.8 Å². The maximum atomic E-state index is 11.7. The van der Waals surface area contributed by atoms with Crippen molar-refractivity contribution in [2.45, 2.75) is 40.0 Å². The van der Waals surface area contributed by atoms with Crippen LogP contribution in [0, 0.1) is 17.3 Å². The van der Waals surface area contributed by atoms with E-state index in [-0.39, 0.29) is 5.41 Å². The largest absolute Gasteiger partial charge is 0.299 e. The van der Waals surface area contributed by atoms with Gasteiger partial charge in [-0.3, -0.25) is 4.79 Å². The van der Waals surface area contributed by atoms with E-state index in [4.69, 9.17) is 0 Å². The van der Waals surface area contributed by atoms with Crippen LogP contribution in [0.3, 0.4) is 0 Å². The molecule has 0 saturated heterocycles. The Labute approximate surface area is 80.2 Å². The average Bonchev–Trinajstić information content (AvgIpc) is 2.51. The Kier molecular flexibility index (Phi) is 1.86. The lowest BCUT2D eigenvalue weighted by Gasteiger charge is -2.25. The molecule has 0 radical (unpaired) electrons. The molecular formula is C12H18O. The molecule has 0 aromatic carbocycles. The summed E-state index contributed by atoms with van der Waals surface area (Å²) in [6.07, 6.45) is 5.21. The first kappa shape index (κ1) is 8.98. The first-order chi connectivity index (χ1) is 6.05. The number of carbonyl (C=O) groups is 1. The van der Waals surface area contributed by atoms with E-state index >= 15 is 0 Å². The minimum atomic E-state index is -0.0143. The standard InChI is InChI=1S/C12H18O/c1-8(2)9-6-7-12(3)10(9)4-5-11(12)13/h6,8,10H,4-5,7H2,1-3H3. The van der Waals surface area contributed by atoms with Gasteiger partial charge in [0, 0.05) is 11.8 Å². The van der Waals surface area contributed by atoms with Crippen LogP contribution in [0.1, 0.15) is 40.0 Å². The highest BCUT2D eigenvalue weighted by molar-refractivity contribution is 5.88. The van der Waals surface area contributed by atoms with E-state index in [1.165, 1.54) is 5.57 Å². The van der Waals surface area contributed by atoms with Crippen LogP contribution in [-0.4, -0.2) is 5.78 Å². The van der Waals surface area contributed by atoms with Crippen molar-refractivity contribution in [3.8, 4) is 0 Å². The summed E-state index contributed by atoms with van der Waals surface area (Å²) in [5, 5.41) is 0. The van der Waals surface area contributed by atoms with Crippen molar-refractivity contribution in [3.05, 3.63) is 11.6 Å². The van der Waals surface area contributed by atoms with Crippen molar-refractivity contribution in [2.24, 2.45) is 17.3 Å². The second-order valence-electron chi connectivity index (χ2n) is 4.99. The van der Waals surface area contributed by atoms with Gasteiger partial charge in [0.15, 0.2) is 0 Å². The lowest BCUT2D eigenvalue weighted by Crippen LogP contribution is -2.26. The fraction of sp³-hybridized carbons (Fsp3) is 0.750. The molecule has 1 heteroatoms. The molecule has 0 amide bonds. The van der Waals surface area contributed by atoms with Crippen molar-refractivity contribution in [1.82, 2.24) is 0 Å². The second kappa shape index (κ2) is 2.70. The Morgan fingerprint density at radius 1 is 1.54 bits per heavy atom. The van der Waals surface area contributed by atoms with Crippen LogP contribution in [0.2, 0.25) is 0 Å². The van der Waals surface area contributed by atoms with E-state index < -0.39 is 0 Å². The number of fused-ring (bicyclic) bond motifs is 1. The normalized spacial score (nSPS) is 38.3. The van der Waals surface area contributed by atoms with E-state index in [1.807, 2.05) is 0 Å². The number of ketones is 1. The summed E-state index contributed by atoms with van der Waals surface area (Å²) in [5.74, 6) is 1.68. The number of Topliss-reactive ketones (excluding diaryl/α,β-unsaturated/α-hetero) is 1. The SMILES string of the molecule is CC(C)C1=CCC2(C)C(=O)CCC12. The molecule has 72 valence electrons. The number of carbonyl (C=O) groups excluding carboxylic acids is 1. The average molecular weight is 178 g/mol. The Balaban J connectivity index is 2.29. The quantitative estimate of drug-likeness (QED) is 0.564. The monoisotopic (exact) mass is 178 g/mol. The van der Waals surface area contributed by atoms with Crippen LogP contribution >= 0.6 is 0 Å². The molecule has 13 heavy (non-hydrogen) atoms. The van der Waals surface area contributed by atoms with Gasteiger partial charge in [-0.05, 0) is 24.7 Å². The minimum absolute atomic E-state index is 0.0143. The summed E-state index contributed by atoms with van der Waals surface area (Å²) in [4.78, 5) is 11.7. The summed E-state index contributed by atoms with van der Waals surface area (Å²) in [6, 6.07) is 0. The Bertz CT molecular complexity index is 275. The molecule has 2 aliphatic rings. The van der Waals surface area contributed by atoms with Crippen LogP contribution in [-0.2, 0) is 4.79 Å². The summed E-state index contributed by atoms with van der Waals surface area (Å²) in [5.41, 5.74) is 1.52. The molecule has 2 unspecified atom stereocenters. The summed E-state index contributed by atoms with van der Waals surface area (Å²) < 4.78 is 0. The lowest BCUT2D eigenvalue weighted by atomic mass is 9.77. The van der Waals surface area contributed by atoms with Crippen molar-refractivity contribution in [1.29, 1.82) is 0 Å². The fourth-order valence-corrected chi connectivity index (χ4v) is 2.97. The summed E-state index contributed by atoms with van der Waals surface area (Å²) in [6.45, 7) is 6.62. The molecule has 0 aromatic heterocycles. The summed E-state index contributed by atoms with van der Waals surface area (Å²) >= 11 is 0. The number of rotatable bonds is 1. The summed E-state index contributed by atoms with van der Waals surface area (Å²) in [7, 11) is 0. The van der Waals surface area contributed by atoms with Gasteiger partial charge in [0.1, 0.15) is 5.78 Å². The van der Waals surface area contributed by atoms with Crippen molar-refractivity contribution in [2.75, 3.05) is 0 Å². The molecule has 0 bridgehead atoms. The first-order valence-corrected chi connectivity index (χ1v) is 5.29. The fourth-order valence-electron chi connectivity index (χ4n) is 2.97. The van der Waals surface area contributed by atoms with Crippen LogP contribution in [0.15, 0.2) is 11.6 Å². The number of hydrogen-bond acceptors (Lipinski definition) is 1. The maximum Gasteiger partial charge on any atom is 0.139 e. The third-order valence-electron chi connectivity index (χ3n) is 3.90. The molecule has 1 fully saturated rings. The molecule has 0 heterocycles. The zero-order chi connectivity index (χ0) is 9.64. The molecule has 1 saturated carbocycles. The van der Waals surface area contributed by atoms with Crippen LogP contribution in [0.4, 0.5) is 0 Å². The van der Waals surface area contributed by atoms with Gasteiger partial charge in [0.05, 0.1) is 0 Å². The third kappa shape index (κ3) is 1.09. The third-order valence-corrected chi connectivity index (χ3v) is 3.90. The van der Waals surface area contributed by atoms with Gasteiger partial charge in [-0.15, -0.1) is 0 Å². The maximum absolute atomic E-state index is 11.7. The van der Waals surface area contributed by atoms with Crippen LogP contribution in [0.5, 0.6) is 0 Å². The van der Waals surface area contributed by atoms with E-state index in [0.717, 1.165) is 19.3 Å². The Morgan fingerprint density at radius 2 is 2.23 bits per heavy atom. The molecule has 2 rings (SSSR count). The number of allylic oxidation sites excluding steroid dienone is 2. The molecular weight excluding hydrogens is 160 g/mol. The van der Waals surface area contributed by atoms with Gasteiger partial charge in [-0.25, -0.2) is 0 Å². The Morgan fingerprint density at radius 3 is 2.85 bits per heavy atom. The van der Waals surface area contributed by atoms with E-state index in [0.29, 0.717) is 17.6 Å². The topological polar surface area (TPSA) is 17.1 Å². The molecule has 2 aliphatic carbocycles. The highest BCUT2D eigenvalue weighted by Gasteiger charge is 2.49. The molecule has 0 aliphatic heterocycles. The van der Waals surface area contributed by atoms with Gasteiger partial charge >= 0.3 is 0 Å². The first-order valence-electron chi connectivity index (χ1n) is 5.29. The van der Waals surface area contributed by atoms with Gasteiger partial charge in [0.25, 0.3) is 0 Å². The van der Waals surface area contributed by atoms with Gasteiger partial charge in [0.2, 0.25) is 0 Å². The van der Waals surface area contributed by atoms with Crippen LogP contribution in [0.25, 0.3) is 0 Å². The van der Waals surface area contributed by atoms with Crippen LogP contribution < -0.4 is 0 Å². The molecule has 0 spiro atoms. The predicted octanol–water partition coefficient (Wildman–Crippen LogP) is 2.96. The van der Waals surface area contributed by atoms with Gasteiger partial charge in [-0.1, -0.05) is 32.4 Å². The molecule has 1 nitrogen and oxygen atoms in total. The predicted molar refractivity (Wildman–Crippen MR) is 53.4 cm³/mol. The highest BCUT2D eigenvalue weighted by atomic mass is 16.1. The molecule has 0 N–H and O–H groups in total. The van der Waals surface area contributed by atoms with Crippen molar-refractivity contribution >= 4 is 5.78 Å². The zero-order valence-electron chi connectivity index (χ0n) is 8.76. The van der Waals surface area contributed by atoms with E-state index in [1.54, 1.807) is 0 Å².